The summed E-state index contributed by atoms with van der Waals surface area (Å²) in [5, 5.41) is 16.9. The van der Waals surface area contributed by atoms with Gasteiger partial charge in [-0.15, -0.1) is 0 Å². The molecule has 0 spiro atoms. The normalized spacial score (nSPS) is 19.7. The molecule has 0 unspecified atom stereocenters. The quantitative estimate of drug-likeness (QED) is 0.685. The van der Waals surface area contributed by atoms with E-state index in [4.69, 9.17) is 9.15 Å². The van der Waals surface area contributed by atoms with Crippen LogP contribution in [0.4, 0.5) is 0 Å². The third-order valence-electron chi connectivity index (χ3n) is 5.20. The van der Waals surface area contributed by atoms with Crippen LogP contribution in [0.3, 0.4) is 0 Å². The highest BCUT2D eigenvalue weighted by Crippen LogP contribution is 2.38. The van der Waals surface area contributed by atoms with E-state index in [1.807, 2.05) is 37.5 Å². The fourth-order valence-corrected chi connectivity index (χ4v) is 3.56. The van der Waals surface area contributed by atoms with Gasteiger partial charge in [0, 0.05) is 24.4 Å². The van der Waals surface area contributed by atoms with E-state index in [-0.39, 0.29) is 29.7 Å². The molecule has 0 bridgehead atoms. The highest BCUT2D eigenvalue weighted by atomic mass is 16.5. The van der Waals surface area contributed by atoms with Crippen molar-refractivity contribution in [1.29, 1.82) is 0 Å². The Morgan fingerprint density at radius 3 is 2.64 bits per heavy atom. The van der Waals surface area contributed by atoms with Gasteiger partial charge in [-0.2, -0.15) is 5.10 Å². The van der Waals surface area contributed by atoms with Crippen molar-refractivity contribution in [1.82, 2.24) is 15.1 Å². The Hall–Kier alpha value is -3.06. The number of hydrogen-bond acceptors (Lipinski definition) is 5. The molecule has 1 amide bonds. The molecule has 28 heavy (non-hydrogen) atoms. The molecular formula is C21H23N3O4. The lowest BCUT2D eigenvalue weighted by atomic mass is 9.75. The number of amides is 1. The summed E-state index contributed by atoms with van der Waals surface area (Å²) in [6.07, 6.45) is 4.66. The summed E-state index contributed by atoms with van der Waals surface area (Å²) in [7, 11) is 3.45. The van der Waals surface area contributed by atoms with Crippen LogP contribution in [-0.4, -0.2) is 34.0 Å². The van der Waals surface area contributed by atoms with Gasteiger partial charge >= 0.3 is 0 Å². The first kappa shape index (κ1) is 18.3. The number of carbonyl (C=O) groups is 1. The molecule has 146 valence electrons. The Bertz CT molecular complexity index is 954. The summed E-state index contributed by atoms with van der Waals surface area (Å²) in [6.45, 7) is 0. The molecule has 2 aromatic heterocycles. The second-order valence-electron chi connectivity index (χ2n) is 7.18. The van der Waals surface area contributed by atoms with Crippen LogP contribution in [0.2, 0.25) is 0 Å². The Morgan fingerprint density at radius 2 is 2.04 bits per heavy atom. The van der Waals surface area contributed by atoms with Crippen molar-refractivity contribution < 1.29 is 19.1 Å². The van der Waals surface area contributed by atoms with Crippen LogP contribution >= 0.6 is 0 Å². The van der Waals surface area contributed by atoms with E-state index in [9.17, 15) is 9.90 Å². The maximum absolute atomic E-state index is 12.8. The molecule has 4 rings (SSSR count). The van der Waals surface area contributed by atoms with Crippen LogP contribution in [0.15, 0.2) is 53.2 Å². The van der Waals surface area contributed by atoms with Crippen molar-refractivity contribution in [3.8, 4) is 17.1 Å². The average Bonchev–Trinajstić information content (AvgIpc) is 3.33. The van der Waals surface area contributed by atoms with E-state index < -0.39 is 0 Å². The predicted octanol–water partition coefficient (Wildman–Crippen LogP) is 2.93. The van der Waals surface area contributed by atoms with Gasteiger partial charge in [0.15, 0.2) is 5.76 Å². The molecule has 1 aliphatic carbocycles. The van der Waals surface area contributed by atoms with Crippen LogP contribution in [0, 0.1) is 5.92 Å². The Kier molecular flexibility index (Phi) is 4.92. The van der Waals surface area contributed by atoms with Crippen LogP contribution in [-0.2, 0) is 7.05 Å². The molecule has 0 aliphatic heterocycles. The number of nitrogens with zero attached hydrogens (tertiary/aromatic N) is 2. The van der Waals surface area contributed by atoms with Crippen LogP contribution in [0.1, 0.15) is 35.0 Å². The summed E-state index contributed by atoms with van der Waals surface area (Å²) in [5.74, 6) is 1.52. The molecule has 2 heterocycles. The zero-order chi connectivity index (χ0) is 19.7. The van der Waals surface area contributed by atoms with Crippen LogP contribution in [0.5, 0.6) is 5.75 Å². The van der Waals surface area contributed by atoms with Gasteiger partial charge in [-0.1, -0.05) is 0 Å². The van der Waals surface area contributed by atoms with Gasteiger partial charge in [-0.3, -0.25) is 9.48 Å². The first-order chi connectivity index (χ1) is 13.5. The lowest BCUT2D eigenvalue weighted by Gasteiger charge is -2.37. The minimum Gasteiger partial charge on any atom is -0.497 e. The van der Waals surface area contributed by atoms with Crippen molar-refractivity contribution in [2.75, 3.05) is 7.11 Å². The molecule has 1 fully saturated rings. The summed E-state index contributed by atoms with van der Waals surface area (Å²) in [5.41, 5.74) is 1.79. The van der Waals surface area contributed by atoms with Gasteiger partial charge in [0.1, 0.15) is 11.5 Å². The first-order valence-corrected chi connectivity index (χ1v) is 9.25. The number of ether oxygens (including phenoxy) is 1. The Morgan fingerprint density at radius 1 is 1.29 bits per heavy atom. The molecule has 0 saturated heterocycles. The number of benzene rings is 1. The maximum atomic E-state index is 12.8. The van der Waals surface area contributed by atoms with E-state index in [2.05, 4.69) is 10.4 Å². The lowest BCUT2D eigenvalue weighted by molar-refractivity contribution is 0.0232. The maximum Gasteiger partial charge on any atom is 0.287 e. The zero-order valence-electron chi connectivity index (χ0n) is 15.8. The van der Waals surface area contributed by atoms with Gasteiger partial charge in [-0.05, 0) is 55.2 Å². The van der Waals surface area contributed by atoms with Gasteiger partial charge < -0.3 is 19.6 Å². The third-order valence-corrected chi connectivity index (χ3v) is 5.20. The first-order valence-electron chi connectivity index (χ1n) is 9.25. The molecule has 7 nitrogen and oxygen atoms in total. The van der Waals surface area contributed by atoms with E-state index in [0.717, 1.165) is 16.9 Å². The van der Waals surface area contributed by atoms with Crippen LogP contribution in [0.25, 0.3) is 11.3 Å². The average molecular weight is 381 g/mol. The highest BCUT2D eigenvalue weighted by Gasteiger charge is 2.36. The molecule has 2 N–H and O–H groups in total. The smallest absolute Gasteiger partial charge is 0.287 e. The standard InChI is InChI=1S/C21H23N3O4/c1-24-12-15(11-22-24)20(14-9-16(25)10-14)23-21(26)19-8-7-18(28-19)13-3-5-17(27-2)6-4-13/h3-8,11-12,14,16,20,25H,9-10H2,1-2H3,(H,23,26)/t14?,16?,20-/m0/s1. The Balaban J connectivity index is 1.50. The molecule has 1 aliphatic rings. The number of hydrogen-bond donors (Lipinski definition) is 2. The topological polar surface area (TPSA) is 89.5 Å². The van der Waals surface area contributed by atoms with Gasteiger partial charge in [-0.25, -0.2) is 0 Å². The Labute approximate surface area is 162 Å². The molecule has 0 radical (unpaired) electrons. The number of nitrogens with one attached hydrogen (secondary N) is 1. The lowest BCUT2D eigenvalue weighted by Crippen LogP contribution is -2.41. The van der Waals surface area contributed by atoms with E-state index in [1.54, 1.807) is 30.1 Å². The monoisotopic (exact) mass is 381 g/mol. The van der Waals surface area contributed by atoms with E-state index in [0.29, 0.717) is 18.6 Å². The molecular weight excluding hydrogens is 358 g/mol. The molecule has 3 aromatic rings. The molecule has 1 saturated carbocycles. The minimum atomic E-state index is -0.300. The summed E-state index contributed by atoms with van der Waals surface area (Å²) >= 11 is 0. The van der Waals surface area contributed by atoms with Gasteiger partial charge in [0.2, 0.25) is 0 Å². The molecule has 1 aromatic carbocycles. The molecule has 1 atom stereocenters. The SMILES string of the molecule is COc1ccc(-c2ccc(C(=O)N[C@H](c3cnn(C)c3)C3CC(O)C3)o2)cc1. The zero-order valence-corrected chi connectivity index (χ0v) is 15.8. The summed E-state index contributed by atoms with van der Waals surface area (Å²) in [4.78, 5) is 12.8. The fourth-order valence-electron chi connectivity index (χ4n) is 3.56. The van der Waals surface area contributed by atoms with Crippen molar-refractivity contribution in [2.24, 2.45) is 13.0 Å². The van der Waals surface area contributed by atoms with Crippen molar-refractivity contribution in [2.45, 2.75) is 25.0 Å². The second kappa shape index (κ2) is 7.52. The van der Waals surface area contributed by atoms with E-state index >= 15 is 0 Å². The molecule has 7 heteroatoms. The number of carbonyl (C=O) groups excluding carboxylic acids is 1. The second-order valence-corrected chi connectivity index (χ2v) is 7.18. The van der Waals surface area contributed by atoms with Crippen molar-refractivity contribution >= 4 is 5.91 Å². The predicted molar refractivity (Wildman–Crippen MR) is 103 cm³/mol. The van der Waals surface area contributed by atoms with Gasteiger partial charge in [0.25, 0.3) is 5.91 Å². The minimum absolute atomic E-state index is 0.180. The number of aromatic nitrogens is 2. The van der Waals surface area contributed by atoms with Gasteiger partial charge in [0.05, 0.1) is 25.5 Å². The fraction of sp³-hybridized carbons (Fsp3) is 0.333. The number of aliphatic hydroxyl groups is 1. The van der Waals surface area contributed by atoms with Crippen molar-refractivity contribution in [3.63, 3.8) is 0 Å². The number of furan rings is 1. The van der Waals surface area contributed by atoms with Crippen molar-refractivity contribution in [3.05, 3.63) is 60.1 Å². The number of aryl methyl sites for hydroxylation is 1. The third kappa shape index (κ3) is 3.66. The number of aliphatic hydroxyl groups excluding tert-OH is 1. The number of rotatable bonds is 6. The largest absolute Gasteiger partial charge is 0.497 e. The van der Waals surface area contributed by atoms with E-state index in [1.165, 1.54) is 0 Å². The summed E-state index contributed by atoms with van der Waals surface area (Å²) in [6, 6.07) is 10.7. The summed E-state index contributed by atoms with van der Waals surface area (Å²) < 4.78 is 12.6. The highest BCUT2D eigenvalue weighted by molar-refractivity contribution is 5.92. The van der Waals surface area contributed by atoms with Crippen LogP contribution < -0.4 is 10.1 Å². The number of methoxy groups -OCH3 is 1.